The van der Waals surface area contributed by atoms with Gasteiger partial charge >= 0.3 is 0 Å². The summed E-state index contributed by atoms with van der Waals surface area (Å²) in [5.74, 6) is 0. The Morgan fingerprint density at radius 2 is 2.13 bits per heavy atom. The molecule has 0 bridgehead atoms. The van der Waals surface area contributed by atoms with E-state index in [1.165, 1.54) is 0 Å². The van der Waals surface area contributed by atoms with Gasteiger partial charge in [0.05, 0.1) is 22.8 Å². The van der Waals surface area contributed by atoms with Crippen molar-refractivity contribution in [3.8, 4) is 0 Å². The molecule has 0 radical (unpaired) electrons. The predicted molar refractivity (Wildman–Crippen MR) is 62.2 cm³/mol. The van der Waals surface area contributed by atoms with Gasteiger partial charge in [0, 0.05) is 0 Å². The molecule has 3 heteroatoms. The largest absolute Gasteiger partial charge is 0.352 e. The van der Waals surface area contributed by atoms with Crippen LogP contribution in [0.3, 0.4) is 0 Å². The molecule has 0 amide bonds. The first kappa shape index (κ1) is 8.41. The Balaban J connectivity index is 2.17. The van der Waals surface area contributed by atoms with Crippen molar-refractivity contribution < 1.29 is 0 Å². The van der Waals surface area contributed by atoms with Gasteiger partial charge in [-0.2, -0.15) is 0 Å². The molecule has 1 aliphatic heterocycles. The molecular weight excluding hydrogens is 186 g/mol. The Kier molecular flexibility index (Phi) is 1.71. The smallest absolute Gasteiger partial charge is 0.108 e. The molecule has 0 aromatic heterocycles. The average molecular weight is 197 g/mol. The number of hydrogen-bond donors (Lipinski definition) is 2. The van der Waals surface area contributed by atoms with Gasteiger partial charge < -0.3 is 10.7 Å². The van der Waals surface area contributed by atoms with E-state index < -0.39 is 0 Å². The second-order valence-electron chi connectivity index (χ2n) is 3.74. The molecular formula is C12H11N3. The summed E-state index contributed by atoms with van der Waals surface area (Å²) in [6.07, 6.45) is 3.85. The quantitative estimate of drug-likeness (QED) is 0.660. The SMILES string of the molecule is N=C1CCC=C2Nc3ccccc3N=C12. The summed E-state index contributed by atoms with van der Waals surface area (Å²) >= 11 is 0. The topological polar surface area (TPSA) is 48.2 Å². The van der Waals surface area contributed by atoms with Crippen LogP contribution in [0.1, 0.15) is 12.8 Å². The van der Waals surface area contributed by atoms with E-state index >= 15 is 0 Å². The fourth-order valence-corrected chi connectivity index (χ4v) is 1.92. The van der Waals surface area contributed by atoms with E-state index in [0.717, 1.165) is 35.6 Å². The third-order valence-electron chi connectivity index (χ3n) is 2.69. The lowest BCUT2D eigenvalue weighted by molar-refractivity contribution is 1.06. The molecule has 0 saturated heterocycles. The zero-order valence-corrected chi connectivity index (χ0v) is 8.25. The molecule has 0 atom stereocenters. The number of anilines is 1. The van der Waals surface area contributed by atoms with E-state index in [1.807, 2.05) is 24.3 Å². The highest BCUT2D eigenvalue weighted by atomic mass is 15.0. The molecule has 1 aromatic rings. The number of aliphatic imine (C=N–C) groups is 1. The average Bonchev–Trinajstić information content (AvgIpc) is 2.27. The summed E-state index contributed by atoms with van der Waals surface area (Å²) in [6.45, 7) is 0. The van der Waals surface area contributed by atoms with E-state index in [4.69, 9.17) is 5.41 Å². The fourth-order valence-electron chi connectivity index (χ4n) is 1.92. The molecule has 1 heterocycles. The third-order valence-corrected chi connectivity index (χ3v) is 2.69. The Morgan fingerprint density at radius 1 is 1.27 bits per heavy atom. The fraction of sp³-hybridized carbons (Fsp3) is 0.167. The number of benzene rings is 1. The molecule has 74 valence electrons. The van der Waals surface area contributed by atoms with Crippen LogP contribution in [0.5, 0.6) is 0 Å². The maximum absolute atomic E-state index is 7.84. The van der Waals surface area contributed by atoms with Crippen molar-refractivity contribution in [1.82, 2.24) is 0 Å². The lowest BCUT2D eigenvalue weighted by Gasteiger charge is -2.23. The van der Waals surface area contributed by atoms with Gasteiger partial charge in [0.2, 0.25) is 0 Å². The van der Waals surface area contributed by atoms with Crippen molar-refractivity contribution in [2.24, 2.45) is 4.99 Å². The molecule has 0 saturated carbocycles. The Labute approximate surface area is 88.1 Å². The minimum atomic E-state index is 0.634. The number of allylic oxidation sites excluding steroid dienone is 2. The third kappa shape index (κ3) is 1.28. The molecule has 3 nitrogen and oxygen atoms in total. The maximum atomic E-state index is 7.84. The van der Waals surface area contributed by atoms with Crippen LogP contribution in [0.4, 0.5) is 11.4 Å². The van der Waals surface area contributed by atoms with Crippen molar-refractivity contribution in [2.45, 2.75) is 12.8 Å². The van der Waals surface area contributed by atoms with E-state index in [1.54, 1.807) is 0 Å². The molecule has 1 aliphatic carbocycles. The summed E-state index contributed by atoms with van der Waals surface area (Å²) in [4.78, 5) is 4.51. The lowest BCUT2D eigenvalue weighted by atomic mass is 9.98. The van der Waals surface area contributed by atoms with Gasteiger partial charge in [0.1, 0.15) is 5.71 Å². The van der Waals surface area contributed by atoms with Gasteiger partial charge in [-0.05, 0) is 25.0 Å². The summed E-state index contributed by atoms with van der Waals surface area (Å²) in [5, 5.41) is 11.2. The van der Waals surface area contributed by atoms with Crippen molar-refractivity contribution in [3.05, 3.63) is 36.0 Å². The summed E-state index contributed by atoms with van der Waals surface area (Å²) in [5.41, 5.74) is 4.39. The number of nitrogens with one attached hydrogen (secondary N) is 2. The number of fused-ring (bicyclic) bond motifs is 2. The van der Waals surface area contributed by atoms with Crippen LogP contribution < -0.4 is 5.32 Å². The normalized spacial score (nSPS) is 18.3. The summed E-state index contributed by atoms with van der Waals surface area (Å²) in [6, 6.07) is 7.93. The molecule has 0 fully saturated rings. The highest BCUT2D eigenvalue weighted by molar-refractivity contribution is 6.49. The van der Waals surface area contributed by atoms with Crippen LogP contribution in [0.15, 0.2) is 41.0 Å². The molecule has 3 rings (SSSR count). The Bertz CT molecular complexity index is 497. The van der Waals surface area contributed by atoms with Crippen molar-refractivity contribution >= 4 is 22.8 Å². The number of hydrogen-bond acceptors (Lipinski definition) is 3. The first-order valence-corrected chi connectivity index (χ1v) is 5.08. The Hall–Kier alpha value is -1.90. The molecule has 15 heavy (non-hydrogen) atoms. The van der Waals surface area contributed by atoms with Gasteiger partial charge in [-0.3, -0.25) is 0 Å². The van der Waals surface area contributed by atoms with Crippen molar-refractivity contribution in [1.29, 1.82) is 5.41 Å². The van der Waals surface area contributed by atoms with E-state index in [9.17, 15) is 0 Å². The van der Waals surface area contributed by atoms with Gasteiger partial charge in [-0.1, -0.05) is 18.2 Å². The van der Waals surface area contributed by atoms with Crippen LogP contribution in [0.25, 0.3) is 0 Å². The highest BCUT2D eigenvalue weighted by Gasteiger charge is 2.21. The second-order valence-corrected chi connectivity index (χ2v) is 3.74. The number of rotatable bonds is 0. The minimum absolute atomic E-state index is 0.634. The summed E-state index contributed by atoms with van der Waals surface area (Å²) < 4.78 is 0. The van der Waals surface area contributed by atoms with Crippen molar-refractivity contribution in [3.63, 3.8) is 0 Å². The van der Waals surface area contributed by atoms with E-state index in [-0.39, 0.29) is 0 Å². The van der Waals surface area contributed by atoms with Gasteiger partial charge in [0.25, 0.3) is 0 Å². The molecule has 0 spiro atoms. The monoisotopic (exact) mass is 197 g/mol. The summed E-state index contributed by atoms with van der Waals surface area (Å²) in [7, 11) is 0. The number of para-hydroxylation sites is 2. The van der Waals surface area contributed by atoms with Gasteiger partial charge in [-0.25, -0.2) is 4.99 Å². The molecule has 0 unspecified atom stereocenters. The first-order chi connectivity index (χ1) is 7.34. The van der Waals surface area contributed by atoms with Gasteiger partial charge in [0.15, 0.2) is 0 Å². The molecule has 2 N–H and O–H groups in total. The standard InChI is InChI=1S/C12H11N3/c13-8-4-3-7-11-12(8)15-10-6-2-1-5-9(10)14-11/h1-2,5-7,13-14H,3-4H2. The van der Waals surface area contributed by atoms with Gasteiger partial charge in [-0.15, -0.1) is 0 Å². The molecule has 1 aromatic carbocycles. The lowest BCUT2D eigenvalue weighted by Crippen LogP contribution is -2.26. The zero-order chi connectivity index (χ0) is 10.3. The van der Waals surface area contributed by atoms with Crippen LogP contribution in [0, 0.1) is 5.41 Å². The minimum Gasteiger partial charge on any atom is -0.352 e. The van der Waals surface area contributed by atoms with Crippen LogP contribution in [-0.2, 0) is 0 Å². The van der Waals surface area contributed by atoms with Crippen molar-refractivity contribution in [2.75, 3.05) is 5.32 Å². The van der Waals surface area contributed by atoms with E-state index in [0.29, 0.717) is 5.71 Å². The van der Waals surface area contributed by atoms with Crippen LogP contribution in [0.2, 0.25) is 0 Å². The second kappa shape index (κ2) is 3.05. The predicted octanol–water partition coefficient (Wildman–Crippen LogP) is 2.88. The van der Waals surface area contributed by atoms with Crippen LogP contribution in [-0.4, -0.2) is 11.4 Å². The molecule has 2 aliphatic rings. The highest BCUT2D eigenvalue weighted by Crippen LogP contribution is 2.32. The first-order valence-electron chi connectivity index (χ1n) is 5.08. The Morgan fingerprint density at radius 3 is 3.07 bits per heavy atom. The van der Waals surface area contributed by atoms with E-state index in [2.05, 4.69) is 16.4 Å². The van der Waals surface area contributed by atoms with Crippen LogP contribution >= 0.6 is 0 Å². The number of nitrogens with zero attached hydrogens (tertiary/aromatic N) is 1. The zero-order valence-electron chi connectivity index (χ0n) is 8.25. The maximum Gasteiger partial charge on any atom is 0.108 e.